The molecule has 25 heavy (non-hydrogen) atoms. The summed E-state index contributed by atoms with van der Waals surface area (Å²) in [5.74, 6) is 5.74. The van der Waals surface area contributed by atoms with Crippen molar-refractivity contribution in [3.8, 4) is 11.8 Å². The molecule has 0 spiro atoms. The van der Waals surface area contributed by atoms with Crippen LogP contribution in [0.2, 0.25) is 0 Å². The molecule has 9 heteroatoms. The van der Waals surface area contributed by atoms with Gasteiger partial charge in [-0.1, -0.05) is 17.6 Å². The summed E-state index contributed by atoms with van der Waals surface area (Å²) in [6.45, 7) is 1.80. The van der Waals surface area contributed by atoms with E-state index in [1.54, 1.807) is 30.2 Å². The van der Waals surface area contributed by atoms with Crippen molar-refractivity contribution in [2.45, 2.75) is 6.92 Å². The minimum Gasteiger partial charge on any atom is -0.541 e. The summed E-state index contributed by atoms with van der Waals surface area (Å²) in [4.78, 5) is 30.8. The van der Waals surface area contributed by atoms with Crippen molar-refractivity contribution >= 4 is 39.3 Å². The standard InChI is InChI=1S/C12H12N2O3.C3H5OS2.CH3.Y/c1-9(15)11-6-5-10(4-3-7-13-2)8-12(11)14(16)17;1-5-6-3-2-4;;/h5-6,8,13H,7H2,1-2H3;3H2,1H3;1H3;/q;2*-1;. The van der Waals surface area contributed by atoms with Gasteiger partial charge in [-0.05, 0) is 32.4 Å². The van der Waals surface area contributed by atoms with E-state index in [1.165, 1.54) is 29.9 Å². The van der Waals surface area contributed by atoms with Gasteiger partial charge in [0, 0.05) is 44.3 Å². The summed E-state index contributed by atoms with van der Waals surface area (Å²) >= 11 is 0. The fourth-order valence-electron chi connectivity index (χ4n) is 1.38. The van der Waals surface area contributed by atoms with Gasteiger partial charge >= 0.3 is 0 Å². The summed E-state index contributed by atoms with van der Waals surface area (Å²) in [6, 6.07) is 4.36. The molecular formula is C16H20N2O4S2Y-2. The summed E-state index contributed by atoms with van der Waals surface area (Å²) in [7, 11) is 4.84. The maximum Gasteiger partial charge on any atom is 0.281 e. The van der Waals surface area contributed by atoms with Crippen molar-refractivity contribution in [1.82, 2.24) is 5.32 Å². The van der Waals surface area contributed by atoms with E-state index < -0.39 is 4.92 Å². The summed E-state index contributed by atoms with van der Waals surface area (Å²) in [5.41, 5.74) is 0.430. The third-order valence-electron chi connectivity index (χ3n) is 2.31. The Balaban J connectivity index is -0.000000525. The predicted octanol–water partition coefficient (Wildman–Crippen LogP) is 2.92. The molecule has 0 saturated heterocycles. The first-order valence-electron chi connectivity index (χ1n) is 6.41. The minimum absolute atomic E-state index is 0. The number of Topliss-reactive ketones (excluding diaryl/α,β-unsaturated/α-hetero) is 1. The predicted molar refractivity (Wildman–Crippen MR) is 102 cm³/mol. The first kappa shape index (κ1) is 29.1. The Morgan fingerprint density at radius 3 is 2.48 bits per heavy atom. The molecule has 0 aliphatic carbocycles. The van der Waals surface area contributed by atoms with Gasteiger partial charge in [-0.3, -0.25) is 21.2 Å². The second kappa shape index (κ2) is 18.1. The normalized spacial score (nSPS) is 8.28. The van der Waals surface area contributed by atoms with E-state index in [0.717, 1.165) is 0 Å². The minimum atomic E-state index is -0.569. The second-order valence-corrected chi connectivity index (χ2v) is 6.52. The Bertz CT molecular complexity index is 616. The molecule has 0 atom stereocenters. The smallest absolute Gasteiger partial charge is 0.281 e. The van der Waals surface area contributed by atoms with Gasteiger partial charge < -0.3 is 17.5 Å². The summed E-state index contributed by atoms with van der Waals surface area (Å²) < 4.78 is 0. The van der Waals surface area contributed by atoms with Gasteiger partial charge in [-0.2, -0.15) is 0 Å². The van der Waals surface area contributed by atoms with Crippen molar-refractivity contribution in [2.75, 3.05) is 25.6 Å². The number of hydrogen-bond acceptors (Lipinski definition) is 7. The Labute approximate surface area is 182 Å². The first-order valence-corrected chi connectivity index (χ1v) is 9.14. The van der Waals surface area contributed by atoms with Crippen molar-refractivity contribution in [1.29, 1.82) is 0 Å². The molecule has 1 radical (unpaired) electrons. The number of carbonyl (C=O) groups excluding carboxylic acids is 2. The average molecular weight is 457 g/mol. The summed E-state index contributed by atoms with van der Waals surface area (Å²) in [5, 5.41) is 13.6. The maximum atomic E-state index is 11.2. The Kier molecular flexibility index (Phi) is 21.0. The van der Waals surface area contributed by atoms with Gasteiger partial charge in [0.05, 0.1) is 17.0 Å². The molecule has 0 fully saturated rings. The molecule has 0 amide bonds. The molecule has 1 aromatic carbocycles. The van der Waals surface area contributed by atoms with Crippen LogP contribution >= 0.6 is 21.6 Å². The molecule has 0 aromatic heterocycles. The zero-order valence-electron chi connectivity index (χ0n) is 14.6. The molecule has 1 aromatic rings. The van der Waals surface area contributed by atoms with Crippen molar-refractivity contribution in [3.63, 3.8) is 0 Å². The zero-order valence-corrected chi connectivity index (χ0v) is 19.1. The van der Waals surface area contributed by atoms with Crippen LogP contribution in [0.5, 0.6) is 0 Å². The van der Waals surface area contributed by atoms with Gasteiger partial charge in [0.2, 0.25) is 0 Å². The largest absolute Gasteiger partial charge is 0.541 e. The van der Waals surface area contributed by atoms with Crippen molar-refractivity contribution < 1.29 is 47.2 Å². The molecule has 0 bridgehead atoms. The molecule has 0 aliphatic rings. The number of carbonyl (C=O) groups is 1. The van der Waals surface area contributed by atoms with E-state index in [1.807, 2.05) is 6.26 Å². The second-order valence-electron chi connectivity index (χ2n) is 3.95. The van der Waals surface area contributed by atoms with Gasteiger partial charge in [0.15, 0.2) is 5.78 Å². The third-order valence-corrected chi connectivity index (χ3v) is 3.84. The topological polar surface area (TPSA) is 89.3 Å². The molecule has 0 heterocycles. The fraction of sp³-hybridized carbons (Fsp3) is 0.312. The van der Waals surface area contributed by atoms with Gasteiger partial charge in [0.25, 0.3) is 5.69 Å². The number of nitro benzene ring substituents is 1. The molecule has 6 nitrogen and oxygen atoms in total. The number of ketones is 1. The maximum absolute atomic E-state index is 11.2. The van der Waals surface area contributed by atoms with Crippen LogP contribution in [-0.4, -0.2) is 42.6 Å². The number of rotatable bonds is 6. The van der Waals surface area contributed by atoms with Crippen LogP contribution in [0.1, 0.15) is 22.8 Å². The molecule has 0 unspecified atom stereocenters. The average Bonchev–Trinajstić information content (AvgIpc) is 2.53. The summed E-state index contributed by atoms with van der Waals surface area (Å²) in [6.07, 6.45) is 3.69. The number of hydrogen-bond donors (Lipinski definition) is 1. The number of benzene rings is 1. The molecule has 1 N–H and O–H groups in total. The van der Waals surface area contributed by atoms with E-state index in [0.29, 0.717) is 17.9 Å². The van der Waals surface area contributed by atoms with E-state index in [4.69, 9.17) is 0 Å². The molecule has 1 rings (SSSR count). The van der Waals surface area contributed by atoms with Gasteiger partial charge in [-0.15, -0.1) is 21.6 Å². The van der Waals surface area contributed by atoms with Gasteiger partial charge in [0.1, 0.15) is 0 Å². The van der Waals surface area contributed by atoms with Crippen LogP contribution < -0.4 is 5.32 Å². The first-order chi connectivity index (χ1) is 11.0. The molecule has 0 saturated carbocycles. The van der Waals surface area contributed by atoms with Crippen LogP contribution in [0, 0.1) is 29.4 Å². The van der Waals surface area contributed by atoms with Crippen LogP contribution in [0.25, 0.3) is 0 Å². The number of nitrogens with zero attached hydrogens (tertiary/aromatic N) is 1. The van der Waals surface area contributed by atoms with Crippen molar-refractivity contribution in [3.05, 3.63) is 46.9 Å². The van der Waals surface area contributed by atoms with Crippen LogP contribution in [0.15, 0.2) is 18.2 Å². The molecule has 0 aliphatic heterocycles. The zero-order chi connectivity index (χ0) is 17.7. The third kappa shape index (κ3) is 13.2. The fourth-order valence-corrected chi connectivity index (χ4v) is 2.04. The van der Waals surface area contributed by atoms with Crippen LogP contribution in [0.4, 0.5) is 5.69 Å². The quantitative estimate of drug-likeness (QED) is 0.134. The molecule has 135 valence electrons. The van der Waals surface area contributed by atoms with E-state index in [9.17, 15) is 19.7 Å². The van der Waals surface area contributed by atoms with Crippen molar-refractivity contribution in [2.24, 2.45) is 0 Å². The monoisotopic (exact) mass is 457 g/mol. The van der Waals surface area contributed by atoms with E-state index in [2.05, 4.69) is 17.2 Å². The SMILES string of the molecule is CNCC#Cc1ccc(C(C)=O)c([N+](=O)[O-])c1.CSSC[C-]=O.[CH3-].[Y]. The van der Waals surface area contributed by atoms with E-state index >= 15 is 0 Å². The van der Waals surface area contributed by atoms with Crippen LogP contribution in [-0.2, 0) is 37.5 Å². The van der Waals surface area contributed by atoms with Crippen LogP contribution in [0.3, 0.4) is 0 Å². The number of nitro groups is 1. The Hall–Kier alpha value is -0.716. The number of nitrogens with one attached hydrogen (secondary N) is 1. The van der Waals surface area contributed by atoms with Gasteiger partial charge in [-0.25, -0.2) is 0 Å². The van der Waals surface area contributed by atoms with E-state index in [-0.39, 0.29) is 57.2 Å². The molecular weight excluding hydrogens is 437 g/mol. The Morgan fingerprint density at radius 1 is 1.44 bits per heavy atom. The Morgan fingerprint density at radius 2 is 2.08 bits per heavy atom.